The Hall–Kier alpha value is -3.47. The third-order valence-electron chi connectivity index (χ3n) is 5.27. The molecule has 178 valence electrons. The summed E-state index contributed by atoms with van der Waals surface area (Å²) in [6.45, 7) is 3.32. The molecule has 4 rings (SSSR count). The maximum absolute atomic E-state index is 12.5. The van der Waals surface area contributed by atoms with Gasteiger partial charge in [-0.1, -0.05) is 25.1 Å². The van der Waals surface area contributed by atoms with E-state index in [4.69, 9.17) is 4.74 Å². The van der Waals surface area contributed by atoms with Gasteiger partial charge in [-0.2, -0.15) is 13.5 Å². The van der Waals surface area contributed by atoms with Gasteiger partial charge in [0.15, 0.2) is 5.03 Å². The van der Waals surface area contributed by atoms with Gasteiger partial charge in [0.25, 0.3) is 10.0 Å². The summed E-state index contributed by atoms with van der Waals surface area (Å²) in [4.78, 5) is 3.88. The van der Waals surface area contributed by atoms with Gasteiger partial charge in [-0.3, -0.25) is 9.82 Å². The zero-order valence-corrected chi connectivity index (χ0v) is 19.5. The van der Waals surface area contributed by atoms with E-state index in [0.717, 1.165) is 28.8 Å². The van der Waals surface area contributed by atoms with Crippen LogP contribution >= 0.6 is 0 Å². The fourth-order valence-electron chi connectivity index (χ4n) is 3.54. The molecule has 0 aliphatic heterocycles. The third kappa shape index (κ3) is 5.71. The van der Waals surface area contributed by atoms with Crippen molar-refractivity contribution in [2.45, 2.75) is 24.5 Å². The lowest BCUT2D eigenvalue weighted by molar-refractivity contribution is 0.172. The molecule has 4 aromatic rings. The summed E-state index contributed by atoms with van der Waals surface area (Å²) in [5.74, 6) is 0.744. The van der Waals surface area contributed by atoms with Gasteiger partial charge in [0.05, 0.1) is 17.3 Å². The van der Waals surface area contributed by atoms with Crippen molar-refractivity contribution >= 4 is 26.6 Å². The van der Waals surface area contributed by atoms with Crippen molar-refractivity contribution in [2.24, 2.45) is 0 Å². The molecule has 0 saturated heterocycles. The molecule has 0 spiro atoms. The Morgan fingerprint density at radius 3 is 2.79 bits per heavy atom. The largest absolute Gasteiger partial charge is 0.492 e. The second-order valence-electron chi connectivity index (χ2n) is 7.70. The monoisotopic (exact) mass is 481 g/mol. The van der Waals surface area contributed by atoms with Gasteiger partial charge < -0.3 is 15.2 Å². The Morgan fingerprint density at radius 1 is 1.12 bits per heavy atom. The minimum absolute atomic E-state index is 0.0694. The quantitative estimate of drug-likeness (QED) is 0.242. The molecule has 1 atom stereocenters. The molecule has 4 N–H and O–H groups in total. The zero-order valence-electron chi connectivity index (χ0n) is 18.7. The number of aromatic amines is 1. The number of hydrogen-bond acceptors (Lipinski definition) is 7. The first-order valence-corrected chi connectivity index (χ1v) is 12.5. The van der Waals surface area contributed by atoms with Crippen molar-refractivity contribution in [3.05, 3.63) is 78.1 Å². The van der Waals surface area contributed by atoms with Crippen LogP contribution in [-0.2, 0) is 16.4 Å². The molecule has 9 nitrogen and oxygen atoms in total. The number of nitrogens with zero attached hydrogens (tertiary/aromatic N) is 2. The number of sulfonamides is 1. The highest BCUT2D eigenvalue weighted by molar-refractivity contribution is 7.92. The Kier molecular flexibility index (Phi) is 7.41. The van der Waals surface area contributed by atoms with E-state index < -0.39 is 16.1 Å². The van der Waals surface area contributed by atoms with E-state index in [-0.39, 0.29) is 5.03 Å². The van der Waals surface area contributed by atoms with Crippen molar-refractivity contribution in [3.63, 3.8) is 0 Å². The molecule has 10 heteroatoms. The summed E-state index contributed by atoms with van der Waals surface area (Å²) >= 11 is 0. The lowest BCUT2D eigenvalue weighted by atomic mass is 10.1. The van der Waals surface area contributed by atoms with E-state index in [1.807, 2.05) is 18.2 Å². The second-order valence-corrected chi connectivity index (χ2v) is 9.33. The molecule has 2 heterocycles. The van der Waals surface area contributed by atoms with Gasteiger partial charge in [0.2, 0.25) is 0 Å². The number of anilines is 1. The Balaban J connectivity index is 1.26. The minimum Gasteiger partial charge on any atom is -0.492 e. The van der Waals surface area contributed by atoms with Crippen molar-refractivity contribution in [2.75, 3.05) is 24.4 Å². The van der Waals surface area contributed by atoms with Crippen molar-refractivity contribution in [1.82, 2.24) is 20.5 Å². The molecule has 1 unspecified atom stereocenters. The number of ether oxygens (including phenoxy) is 1. The molecule has 0 saturated carbocycles. The molecule has 0 bridgehead atoms. The number of pyridine rings is 1. The Bertz CT molecular complexity index is 1340. The number of aliphatic hydroxyl groups is 1. The van der Waals surface area contributed by atoms with Crippen LogP contribution in [0.3, 0.4) is 0 Å². The maximum Gasteiger partial charge on any atom is 0.279 e. The summed E-state index contributed by atoms with van der Waals surface area (Å²) in [5.41, 5.74) is 2.92. The highest BCUT2D eigenvalue weighted by Gasteiger charge is 2.16. The van der Waals surface area contributed by atoms with E-state index in [9.17, 15) is 13.5 Å². The summed E-state index contributed by atoms with van der Waals surface area (Å²) in [6, 6.07) is 17.2. The van der Waals surface area contributed by atoms with Crippen LogP contribution in [-0.4, -0.2) is 48.4 Å². The van der Waals surface area contributed by atoms with Crippen LogP contribution in [0, 0.1) is 0 Å². The predicted octanol–water partition coefficient (Wildman–Crippen LogP) is 3.02. The van der Waals surface area contributed by atoms with Crippen LogP contribution in [0.5, 0.6) is 5.75 Å². The number of aryl methyl sites for hydroxylation is 1. The van der Waals surface area contributed by atoms with Crippen molar-refractivity contribution < 1.29 is 18.3 Å². The number of aromatic nitrogens is 3. The number of H-pyrrole nitrogens is 1. The van der Waals surface area contributed by atoms with E-state index in [1.165, 1.54) is 12.3 Å². The number of hydrogen-bond donors (Lipinski definition) is 4. The predicted molar refractivity (Wildman–Crippen MR) is 130 cm³/mol. The van der Waals surface area contributed by atoms with Crippen LogP contribution in [0.25, 0.3) is 10.9 Å². The van der Waals surface area contributed by atoms with Crippen LogP contribution in [0.1, 0.15) is 24.3 Å². The molecule has 0 fully saturated rings. The number of fused-ring (bicyclic) bond motifs is 1. The summed E-state index contributed by atoms with van der Waals surface area (Å²) < 4.78 is 33.2. The highest BCUT2D eigenvalue weighted by atomic mass is 32.2. The van der Waals surface area contributed by atoms with Crippen molar-refractivity contribution in [1.29, 1.82) is 0 Å². The van der Waals surface area contributed by atoms with Gasteiger partial charge in [-0.25, -0.2) is 4.98 Å². The van der Waals surface area contributed by atoms with E-state index in [2.05, 4.69) is 32.1 Å². The minimum atomic E-state index is -3.80. The van der Waals surface area contributed by atoms with E-state index in [1.54, 1.807) is 36.4 Å². The SMILES string of the molecule is CCc1n[nH]c2cc(OCCNCC(O)c3cccc(NS(=O)(=O)c4ccccn4)c3)ccc12. The number of rotatable bonds is 11. The molecular weight excluding hydrogens is 454 g/mol. The first kappa shape index (κ1) is 23.7. The maximum atomic E-state index is 12.5. The molecule has 2 aromatic carbocycles. The molecule has 0 radical (unpaired) electrons. The first-order valence-electron chi connectivity index (χ1n) is 11.0. The average molecular weight is 482 g/mol. The van der Waals surface area contributed by atoms with Crippen LogP contribution in [0.15, 0.2) is 71.9 Å². The zero-order chi connectivity index (χ0) is 24.0. The third-order valence-corrected chi connectivity index (χ3v) is 6.57. The Labute approximate surface area is 198 Å². The highest BCUT2D eigenvalue weighted by Crippen LogP contribution is 2.22. The smallest absolute Gasteiger partial charge is 0.279 e. The lowest BCUT2D eigenvalue weighted by Crippen LogP contribution is -2.26. The molecular formula is C24H27N5O4S. The number of benzene rings is 2. The second kappa shape index (κ2) is 10.6. The van der Waals surface area contributed by atoms with E-state index >= 15 is 0 Å². The normalized spacial score (nSPS) is 12.5. The van der Waals surface area contributed by atoms with Crippen molar-refractivity contribution in [3.8, 4) is 5.75 Å². The standard InChI is InChI=1S/C24H27N5O4S/c1-2-21-20-10-9-19(15-22(20)28-27-21)33-13-12-25-16-23(30)17-6-5-7-18(14-17)29-34(31,32)24-8-3-4-11-26-24/h3-11,14-15,23,25,29-30H,2,12-13,16H2,1H3,(H,27,28). The number of nitrogens with one attached hydrogen (secondary N) is 3. The van der Waals surface area contributed by atoms with Gasteiger partial charge >= 0.3 is 0 Å². The van der Waals surface area contributed by atoms with Gasteiger partial charge in [0, 0.05) is 36.4 Å². The summed E-state index contributed by atoms with van der Waals surface area (Å²) in [5, 5.41) is 22.0. The average Bonchev–Trinajstić information content (AvgIpc) is 3.26. The summed E-state index contributed by atoms with van der Waals surface area (Å²) in [7, 11) is -3.80. The van der Waals surface area contributed by atoms with Crippen LogP contribution in [0.2, 0.25) is 0 Å². The molecule has 0 aliphatic carbocycles. The Morgan fingerprint density at radius 2 is 2.00 bits per heavy atom. The molecule has 2 aromatic heterocycles. The fraction of sp³-hybridized carbons (Fsp3) is 0.250. The lowest BCUT2D eigenvalue weighted by Gasteiger charge is -2.14. The van der Waals surface area contributed by atoms with Gasteiger partial charge in [0.1, 0.15) is 12.4 Å². The van der Waals surface area contributed by atoms with Crippen LogP contribution < -0.4 is 14.8 Å². The van der Waals surface area contributed by atoms with Gasteiger partial charge in [-0.05, 0) is 48.4 Å². The molecule has 34 heavy (non-hydrogen) atoms. The van der Waals surface area contributed by atoms with Gasteiger partial charge in [-0.15, -0.1) is 0 Å². The fourth-order valence-corrected chi connectivity index (χ4v) is 4.53. The van der Waals surface area contributed by atoms with Crippen LogP contribution in [0.4, 0.5) is 5.69 Å². The summed E-state index contributed by atoms with van der Waals surface area (Å²) in [6.07, 6.45) is 1.47. The molecule has 0 amide bonds. The first-order chi connectivity index (χ1) is 16.5. The molecule has 0 aliphatic rings. The topological polar surface area (TPSA) is 129 Å². The van der Waals surface area contributed by atoms with E-state index in [0.29, 0.717) is 30.9 Å². The number of aliphatic hydroxyl groups excluding tert-OH is 1.